The number of carbonyl (C=O) groups excluding carboxylic acids is 2. The van der Waals surface area contributed by atoms with Crippen LogP contribution in [0.5, 0.6) is 0 Å². The highest BCUT2D eigenvalue weighted by Gasteiger charge is 2.32. The summed E-state index contributed by atoms with van der Waals surface area (Å²) in [6, 6.07) is 14.7. The van der Waals surface area contributed by atoms with Gasteiger partial charge in [0.25, 0.3) is 11.8 Å². The molecule has 4 N–H and O–H groups in total. The SMILES string of the molecule is CCCCN(CCCC)C(=O)c1cc(C)n(-c2ccc(NC(O)c3n[nH]c4c3CCC4)cc2C(=O)N2Cc3ccccc3C[C@H]2CO)n1. The summed E-state index contributed by atoms with van der Waals surface area (Å²) in [7, 11) is 0. The van der Waals surface area contributed by atoms with Gasteiger partial charge in [0.05, 0.1) is 23.9 Å². The number of aromatic nitrogens is 4. The maximum atomic E-state index is 14.6. The fourth-order valence-corrected chi connectivity index (χ4v) is 6.92. The Balaban J connectivity index is 1.37. The molecule has 11 heteroatoms. The first-order valence-electron chi connectivity index (χ1n) is 17.3. The van der Waals surface area contributed by atoms with Crippen molar-refractivity contribution in [1.82, 2.24) is 29.8 Å². The van der Waals surface area contributed by atoms with Crippen LogP contribution < -0.4 is 5.32 Å². The number of nitrogens with one attached hydrogen (secondary N) is 2. The molecule has 0 saturated carbocycles. The van der Waals surface area contributed by atoms with Crippen molar-refractivity contribution >= 4 is 17.5 Å². The molecule has 2 amide bonds. The predicted octanol–water partition coefficient (Wildman–Crippen LogP) is 5.10. The molecule has 2 atom stereocenters. The average molecular weight is 654 g/mol. The van der Waals surface area contributed by atoms with Gasteiger partial charge in [-0.15, -0.1) is 0 Å². The number of benzene rings is 2. The van der Waals surface area contributed by atoms with Crippen molar-refractivity contribution in [2.24, 2.45) is 0 Å². The molecule has 6 rings (SSSR count). The highest BCUT2D eigenvalue weighted by molar-refractivity contribution is 5.99. The van der Waals surface area contributed by atoms with Crippen molar-refractivity contribution in [3.63, 3.8) is 0 Å². The monoisotopic (exact) mass is 653 g/mol. The Bertz CT molecular complexity index is 1750. The number of unbranched alkanes of at least 4 members (excludes halogenated alkanes) is 2. The molecular formula is C37H47N7O4. The van der Waals surface area contributed by atoms with Crippen LogP contribution in [0.25, 0.3) is 5.69 Å². The Labute approximate surface area is 282 Å². The molecule has 2 aromatic carbocycles. The molecule has 0 spiro atoms. The lowest BCUT2D eigenvalue weighted by Crippen LogP contribution is -2.46. The second kappa shape index (κ2) is 14.7. The van der Waals surface area contributed by atoms with Crippen LogP contribution in [0.3, 0.4) is 0 Å². The van der Waals surface area contributed by atoms with E-state index in [0.29, 0.717) is 60.1 Å². The molecular weight excluding hydrogens is 606 g/mol. The number of rotatable bonds is 13. The maximum Gasteiger partial charge on any atom is 0.274 e. The molecule has 11 nitrogen and oxygen atoms in total. The van der Waals surface area contributed by atoms with Gasteiger partial charge in [-0.05, 0) is 80.8 Å². The number of aryl methyl sites for hydroxylation is 2. The van der Waals surface area contributed by atoms with Crippen LogP contribution in [0.1, 0.15) is 107 Å². The lowest BCUT2D eigenvalue weighted by Gasteiger charge is -2.36. The fraction of sp³-hybridized carbons (Fsp3) is 0.459. The topological polar surface area (TPSA) is 140 Å². The Morgan fingerprint density at radius 2 is 1.81 bits per heavy atom. The van der Waals surface area contributed by atoms with E-state index in [1.807, 2.05) is 36.1 Å². The number of fused-ring (bicyclic) bond motifs is 2. The maximum absolute atomic E-state index is 14.6. The minimum absolute atomic E-state index is 0.118. The summed E-state index contributed by atoms with van der Waals surface area (Å²) < 4.78 is 1.66. The number of H-pyrrole nitrogens is 1. The van der Waals surface area contributed by atoms with Crippen molar-refractivity contribution < 1.29 is 19.8 Å². The summed E-state index contributed by atoms with van der Waals surface area (Å²) in [6.45, 7) is 7.62. The van der Waals surface area contributed by atoms with Gasteiger partial charge in [-0.3, -0.25) is 14.7 Å². The fourth-order valence-electron chi connectivity index (χ4n) is 6.92. The van der Waals surface area contributed by atoms with Gasteiger partial charge < -0.3 is 25.3 Å². The minimum atomic E-state index is -1.07. The van der Waals surface area contributed by atoms with E-state index in [9.17, 15) is 19.8 Å². The van der Waals surface area contributed by atoms with Crippen molar-refractivity contribution in [1.29, 1.82) is 0 Å². The van der Waals surface area contributed by atoms with E-state index in [1.54, 1.807) is 33.8 Å². The van der Waals surface area contributed by atoms with E-state index in [1.165, 1.54) is 0 Å². The minimum Gasteiger partial charge on any atom is -0.394 e. The van der Waals surface area contributed by atoms with E-state index in [4.69, 9.17) is 5.10 Å². The summed E-state index contributed by atoms with van der Waals surface area (Å²) in [5.74, 6) is -0.389. The zero-order chi connectivity index (χ0) is 33.8. The largest absolute Gasteiger partial charge is 0.394 e. The van der Waals surface area contributed by atoms with Crippen molar-refractivity contribution in [2.45, 2.75) is 91.0 Å². The molecule has 0 bridgehead atoms. The zero-order valence-electron chi connectivity index (χ0n) is 28.2. The van der Waals surface area contributed by atoms with Gasteiger partial charge >= 0.3 is 0 Å². The van der Waals surface area contributed by atoms with Crippen molar-refractivity contribution in [2.75, 3.05) is 25.0 Å². The molecule has 1 aliphatic heterocycles. The second-order valence-corrected chi connectivity index (χ2v) is 13.0. The van der Waals surface area contributed by atoms with Gasteiger partial charge in [0, 0.05) is 42.3 Å². The molecule has 3 heterocycles. The number of carbonyl (C=O) groups is 2. The number of anilines is 1. The van der Waals surface area contributed by atoms with Gasteiger partial charge in [-0.25, -0.2) is 4.68 Å². The third kappa shape index (κ3) is 6.75. The van der Waals surface area contributed by atoms with Crippen LogP contribution in [0.4, 0.5) is 5.69 Å². The average Bonchev–Trinajstić information content (AvgIpc) is 3.84. The summed E-state index contributed by atoms with van der Waals surface area (Å²) in [4.78, 5) is 31.9. The standard InChI is InChI=1S/C37H47N7O4/c1-4-6-17-42(18-7-5-2)37(48)32-19-24(3)44(41-32)33-16-15-27(38-35(46)34-29-13-10-14-31(29)39-40-34)21-30(33)36(47)43-22-26-12-9-8-11-25(26)20-28(43)23-45/h8-9,11-12,15-16,19,21,28,35,38,45-46H,4-7,10,13-14,17-18,20,22-23H2,1-3H3,(H,39,40)/t28-,35?/m0/s1. The normalized spacial score (nSPS) is 16.0. The summed E-state index contributed by atoms with van der Waals surface area (Å²) in [5, 5.41) is 36.9. The first-order chi connectivity index (χ1) is 23.3. The Morgan fingerprint density at radius 3 is 2.54 bits per heavy atom. The lowest BCUT2D eigenvalue weighted by molar-refractivity contribution is 0.0544. The highest BCUT2D eigenvalue weighted by Crippen LogP contribution is 2.31. The van der Waals surface area contributed by atoms with Gasteiger partial charge in [0.15, 0.2) is 11.9 Å². The van der Waals surface area contributed by atoms with Crippen LogP contribution in [-0.4, -0.2) is 77.5 Å². The Hall–Kier alpha value is -4.48. The molecule has 1 unspecified atom stereocenters. The quantitative estimate of drug-likeness (QED) is 0.147. The molecule has 48 heavy (non-hydrogen) atoms. The molecule has 4 aromatic rings. The third-order valence-corrected chi connectivity index (χ3v) is 9.64. The van der Waals surface area contributed by atoms with E-state index in [-0.39, 0.29) is 18.4 Å². The third-order valence-electron chi connectivity index (χ3n) is 9.64. The Morgan fingerprint density at radius 1 is 1.06 bits per heavy atom. The van der Waals surface area contributed by atoms with Gasteiger partial charge in [-0.1, -0.05) is 51.0 Å². The van der Waals surface area contributed by atoms with Gasteiger partial charge in [-0.2, -0.15) is 10.2 Å². The molecule has 2 aromatic heterocycles. The number of hydrogen-bond acceptors (Lipinski definition) is 7. The molecule has 0 fully saturated rings. The lowest BCUT2D eigenvalue weighted by atomic mass is 9.93. The molecule has 1 aliphatic carbocycles. The number of aliphatic hydroxyl groups is 2. The van der Waals surface area contributed by atoms with Gasteiger partial charge in [0.2, 0.25) is 0 Å². The molecule has 0 saturated heterocycles. The van der Waals surface area contributed by atoms with Crippen molar-refractivity contribution in [3.8, 4) is 5.69 Å². The molecule has 0 radical (unpaired) electrons. The summed E-state index contributed by atoms with van der Waals surface area (Å²) in [5.41, 5.74) is 7.26. The molecule has 254 valence electrons. The Kier molecular flexibility index (Phi) is 10.3. The number of amides is 2. The van der Waals surface area contributed by atoms with E-state index in [2.05, 4.69) is 29.4 Å². The number of aliphatic hydroxyl groups excluding tert-OH is 2. The zero-order valence-corrected chi connectivity index (χ0v) is 28.2. The summed E-state index contributed by atoms with van der Waals surface area (Å²) >= 11 is 0. The first kappa shape index (κ1) is 33.4. The second-order valence-electron chi connectivity index (χ2n) is 13.0. The van der Waals surface area contributed by atoms with E-state index in [0.717, 1.165) is 67.3 Å². The van der Waals surface area contributed by atoms with Crippen LogP contribution in [0.2, 0.25) is 0 Å². The summed E-state index contributed by atoms with van der Waals surface area (Å²) in [6.07, 6.45) is 6.07. The highest BCUT2D eigenvalue weighted by atomic mass is 16.3. The van der Waals surface area contributed by atoms with Crippen LogP contribution in [0, 0.1) is 6.92 Å². The van der Waals surface area contributed by atoms with Gasteiger partial charge in [0.1, 0.15) is 5.69 Å². The smallest absolute Gasteiger partial charge is 0.274 e. The van der Waals surface area contributed by atoms with Crippen LogP contribution >= 0.6 is 0 Å². The molecule has 2 aliphatic rings. The van der Waals surface area contributed by atoms with E-state index >= 15 is 0 Å². The predicted molar refractivity (Wildman–Crippen MR) is 184 cm³/mol. The van der Waals surface area contributed by atoms with Crippen LogP contribution in [0.15, 0.2) is 48.5 Å². The van der Waals surface area contributed by atoms with Crippen LogP contribution in [-0.2, 0) is 25.8 Å². The number of nitrogens with zero attached hydrogens (tertiary/aromatic N) is 5. The first-order valence-corrected chi connectivity index (χ1v) is 17.3. The number of hydrogen-bond donors (Lipinski definition) is 4. The van der Waals surface area contributed by atoms with Crippen molar-refractivity contribution in [3.05, 3.63) is 93.6 Å². The van der Waals surface area contributed by atoms with E-state index < -0.39 is 12.3 Å². The number of aromatic amines is 1.